The molecule has 0 fully saturated rings. The summed E-state index contributed by atoms with van der Waals surface area (Å²) < 4.78 is 0.964. The molecule has 0 saturated heterocycles. The normalized spacial score (nSPS) is 12.1. The number of rotatable bonds is 3. The van der Waals surface area contributed by atoms with Gasteiger partial charge in [-0.2, -0.15) is 0 Å². The Morgan fingerprint density at radius 2 is 1.83 bits per heavy atom. The third kappa shape index (κ3) is 3.27. The summed E-state index contributed by atoms with van der Waals surface area (Å²) in [5, 5.41) is 4.88. The van der Waals surface area contributed by atoms with Gasteiger partial charge in [-0.05, 0) is 31.5 Å². The molecule has 116 valence electrons. The van der Waals surface area contributed by atoms with E-state index in [1.807, 2.05) is 68.4 Å². The predicted octanol–water partition coefficient (Wildman–Crippen LogP) is 4.80. The van der Waals surface area contributed by atoms with Crippen molar-refractivity contribution in [3.05, 3.63) is 76.0 Å². The van der Waals surface area contributed by atoms with Crippen LogP contribution in [0.2, 0.25) is 0 Å². The van der Waals surface area contributed by atoms with Crippen molar-refractivity contribution < 1.29 is 4.79 Å². The molecule has 1 unspecified atom stereocenters. The van der Waals surface area contributed by atoms with Gasteiger partial charge in [0.15, 0.2) is 0 Å². The van der Waals surface area contributed by atoms with E-state index in [2.05, 4.69) is 26.2 Å². The number of halogens is 1. The maximum Gasteiger partial charge on any atom is 0.271 e. The molecule has 1 amide bonds. The second kappa shape index (κ2) is 6.50. The summed E-state index contributed by atoms with van der Waals surface area (Å²) in [5.74, 6) is -0.159. The molecule has 0 saturated carbocycles. The zero-order valence-corrected chi connectivity index (χ0v) is 14.6. The molecule has 2 aromatic carbocycles. The molecule has 1 heterocycles. The van der Waals surface area contributed by atoms with Crippen LogP contribution >= 0.6 is 15.9 Å². The zero-order valence-electron chi connectivity index (χ0n) is 13.0. The molecule has 0 aliphatic heterocycles. The van der Waals surface area contributed by atoms with E-state index in [4.69, 9.17) is 0 Å². The number of aryl methyl sites for hydroxylation is 1. The number of hydrogen-bond acceptors (Lipinski definition) is 2. The standard InChI is InChI=1S/C19H17BrN2O/c1-12-11-16-15(9-6-10-17(16)20)18(21-12)19(23)22-13(2)14-7-4-3-5-8-14/h3-11,13H,1-2H3,(H,22,23). The van der Waals surface area contributed by atoms with Crippen LogP contribution in [0.3, 0.4) is 0 Å². The Kier molecular flexibility index (Phi) is 4.44. The lowest BCUT2D eigenvalue weighted by molar-refractivity contribution is 0.0936. The van der Waals surface area contributed by atoms with E-state index in [0.29, 0.717) is 5.69 Å². The van der Waals surface area contributed by atoms with Crippen LogP contribution in [0.5, 0.6) is 0 Å². The second-order valence-corrected chi connectivity index (χ2v) is 6.41. The van der Waals surface area contributed by atoms with Gasteiger partial charge in [0, 0.05) is 20.9 Å². The Morgan fingerprint density at radius 3 is 2.57 bits per heavy atom. The van der Waals surface area contributed by atoms with E-state index < -0.39 is 0 Å². The zero-order chi connectivity index (χ0) is 16.4. The number of carbonyl (C=O) groups is 1. The number of hydrogen-bond donors (Lipinski definition) is 1. The van der Waals surface area contributed by atoms with E-state index in [-0.39, 0.29) is 11.9 Å². The average Bonchev–Trinajstić information content (AvgIpc) is 2.56. The quantitative estimate of drug-likeness (QED) is 0.721. The molecule has 0 aliphatic rings. The van der Waals surface area contributed by atoms with E-state index in [9.17, 15) is 4.79 Å². The minimum Gasteiger partial charge on any atom is -0.344 e. The number of pyridine rings is 1. The van der Waals surface area contributed by atoms with Gasteiger partial charge in [0.05, 0.1) is 6.04 Å². The molecule has 0 bridgehead atoms. The van der Waals surface area contributed by atoms with E-state index in [1.54, 1.807) is 0 Å². The summed E-state index contributed by atoms with van der Waals surface area (Å²) in [5.41, 5.74) is 2.35. The summed E-state index contributed by atoms with van der Waals surface area (Å²) >= 11 is 3.54. The van der Waals surface area contributed by atoms with Gasteiger partial charge in [-0.3, -0.25) is 4.79 Å². The van der Waals surface area contributed by atoms with Crippen molar-refractivity contribution in [2.75, 3.05) is 0 Å². The van der Waals surface area contributed by atoms with E-state index >= 15 is 0 Å². The smallest absolute Gasteiger partial charge is 0.271 e. The first kappa shape index (κ1) is 15.7. The lowest BCUT2D eigenvalue weighted by Crippen LogP contribution is -2.27. The summed E-state index contributed by atoms with van der Waals surface area (Å²) in [7, 11) is 0. The second-order valence-electron chi connectivity index (χ2n) is 5.55. The molecule has 23 heavy (non-hydrogen) atoms. The van der Waals surface area contributed by atoms with Crippen LogP contribution in [0.4, 0.5) is 0 Å². The maximum atomic E-state index is 12.7. The van der Waals surface area contributed by atoms with Gasteiger partial charge < -0.3 is 5.32 Å². The van der Waals surface area contributed by atoms with Crippen molar-refractivity contribution in [2.24, 2.45) is 0 Å². The van der Waals surface area contributed by atoms with Gasteiger partial charge in [0.2, 0.25) is 0 Å². The van der Waals surface area contributed by atoms with E-state index in [1.165, 1.54) is 0 Å². The molecule has 1 atom stereocenters. The van der Waals surface area contributed by atoms with Gasteiger partial charge >= 0.3 is 0 Å². The minimum atomic E-state index is -0.159. The van der Waals surface area contributed by atoms with Crippen LogP contribution in [-0.4, -0.2) is 10.9 Å². The number of aromatic nitrogens is 1. The Balaban J connectivity index is 1.97. The number of fused-ring (bicyclic) bond motifs is 1. The summed E-state index contributed by atoms with van der Waals surface area (Å²) in [4.78, 5) is 17.2. The minimum absolute atomic E-state index is 0.0757. The highest BCUT2D eigenvalue weighted by atomic mass is 79.9. The molecular formula is C19H17BrN2O. The van der Waals surface area contributed by atoms with Crippen LogP contribution in [-0.2, 0) is 0 Å². The molecule has 0 aliphatic carbocycles. The largest absolute Gasteiger partial charge is 0.344 e. The van der Waals surface area contributed by atoms with Crippen LogP contribution in [0.15, 0.2) is 59.1 Å². The molecule has 0 radical (unpaired) electrons. The van der Waals surface area contributed by atoms with Crippen LogP contribution in [0.25, 0.3) is 10.8 Å². The van der Waals surface area contributed by atoms with Crippen molar-refractivity contribution in [3.63, 3.8) is 0 Å². The van der Waals surface area contributed by atoms with Crippen molar-refractivity contribution in [1.82, 2.24) is 10.3 Å². The first-order chi connectivity index (χ1) is 11.1. The summed E-state index contributed by atoms with van der Waals surface area (Å²) in [6.07, 6.45) is 0. The lowest BCUT2D eigenvalue weighted by Gasteiger charge is -2.15. The molecule has 3 rings (SSSR count). The van der Waals surface area contributed by atoms with Crippen molar-refractivity contribution in [3.8, 4) is 0 Å². The molecular weight excluding hydrogens is 352 g/mol. The summed E-state index contributed by atoms with van der Waals surface area (Å²) in [6, 6.07) is 17.6. The van der Waals surface area contributed by atoms with Gasteiger partial charge in [-0.1, -0.05) is 58.4 Å². The fraction of sp³-hybridized carbons (Fsp3) is 0.158. The summed E-state index contributed by atoms with van der Waals surface area (Å²) in [6.45, 7) is 3.87. The third-order valence-corrected chi connectivity index (χ3v) is 4.50. The first-order valence-electron chi connectivity index (χ1n) is 7.48. The topological polar surface area (TPSA) is 42.0 Å². The Labute approximate surface area is 143 Å². The van der Waals surface area contributed by atoms with Gasteiger partial charge in [0.1, 0.15) is 5.69 Å². The number of amides is 1. The van der Waals surface area contributed by atoms with Crippen LogP contribution in [0.1, 0.15) is 34.7 Å². The van der Waals surface area contributed by atoms with Crippen molar-refractivity contribution in [1.29, 1.82) is 0 Å². The average molecular weight is 369 g/mol. The number of benzene rings is 2. The number of carbonyl (C=O) groups excluding carboxylic acids is 1. The highest BCUT2D eigenvalue weighted by Gasteiger charge is 2.16. The predicted molar refractivity (Wildman–Crippen MR) is 96.5 cm³/mol. The Morgan fingerprint density at radius 1 is 1.09 bits per heavy atom. The third-order valence-electron chi connectivity index (χ3n) is 3.81. The number of nitrogens with zero attached hydrogens (tertiary/aromatic N) is 1. The van der Waals surface area contributed by atoms with Gasteiger partial charge in [-0.25, -0.2) is 4.98 Å². The molecule has 3 nitrogen and oxygen atoms in total. The fourth-order valence-corrected chi connectivity index (χ4v) is 3.11. The highest BCUT2D eigenvalue weighted by Crippen LogP contribution is 2.26. The number of nitrogens with one attached hydrogen (secondary N) is 1. The highest BCUT2D eigenvalue weighted by molar-refractivity contribution is 9.10. The SMILES string of the molecule is Cc1cc2c(Br)cccc2c(C(=O)NC(C)c2ccccc2)n1. The Hall–Kier alpha value is -2.20. The van der Waals surface area contributed by atoms with Crippen LogP contribution < -0.4 is 5.32 Å². The molecule has 4 heteroatoms. The monoisotopic (exact) mass is 368 g/mol. The molecule has 1 N–H and O–H groups in total. The maximum absolute atomic E-state index is 12.7. The molecule has 1 aromatic heterocycles. The first-order valence-corrected chi connectivity index (χ1v) is 8.27. The van der Waals surface area contributed by atoms with Gasteiger partial charge in [-0.15, -0.1) is 0 Å². The van der Waals surface area contributed by atoms with E-state index in [0.717, 1.165) is 26.5 Å². The molecule has 3 aromatic rings. The lowest BCUT2D eigenvalue weighted by atomic mass is 10.1. The van der Waals surface area contributed by atoms with Gasteiger partial charge in [0.25, 0.3) is 5.91 Å². The fourth-order valence-electron chi connectivity index (χ4n) is 2.63. The van der Waals surface area contributed by atoms with Crippen LogP contribution in [0, 0.1) is 6.92 Å². The van der Waals surface area contributed by atoms with Crippen molar-refractivity contribution in [2.45, 2.75) is 19.9 Å². The molecule has 0 spiro atoms. The van der Waals surface area contributed by atoms with Crippen molar-refractivity contribution >= 4 is 32.6 Å². The Bertz CT molecular complexity index is 862.